The van der Waals surface area contributed by atoms with E-state index < -0.39 is 30.0 Å². The molecule has 0 bridgehead atoms. The normalized spacial score (nSPS) is 10.5. The van der Waals surface area contributed by atoms with Crippen molar-refractivity contribution in [2.24, 2.45) is 5.10 Å². The number of aliphatic carboxylic acids is 2. The molecule has 0 radical (unpaired) electrons. The summed E-state index contributed by atoms with van der Waals surface area (Å²) in [5, 5.41) is 33.1. The molecule has 10 nitrogen and oxygen atoms in total. The van der Waals surface area contributed by atoms with Gasteiger partial charge < -0.3 is 14.9 Å². The van der Waals surface area contributed by atoms with Gasteiger partial charge in [0.1, 0.15) is 13.1 Å². The summed E-state index contributed by atoms with van der Waals surface area (Å²) in [5.74, 6) is -2.38. The molecule has 0 unspecified atom stereocenters. The molecule has 2 N–H and O–H groups in total. The van der Waals surface area contributed by atoms with Gasteiger partial charge in [-0.05, 0) is 18.6 Å². The largest absolute Gasteiger partial charge is 0.487 e. The third-order valence-corrected chi connectivity index (χ3v) is 2.65. The highest BCUT2D eigenvalue weighted by Crippen LogP contribution is 2.27. The van der Waals surface area contributed by atoms with Crippen molar-refractivity contribution in [3.05, 3.63) is 33.9 Å². The van der Waals surface area contributed by atoms with Crippen molar-refractivity contribution in [1.29, 1.82) is 0 Å². The van der Waals surface area contributed by atoms with Crippen molar-refractivity contribution >= 4 is 23.8 Å². The van der Waals surface area contributed by atoms with E-state index in [9.17, 15) is 19.7 Å². The van der Waals surface area contributed by atoms with Gasteiger partial charge in [0.15, 0.2) is 5.75 Å². The summed E-state index contributed by atoms with van der Waals surface area (Å²) in [6, 6.07) is 4.13. The molecule has 0 atom stereocenters. The van der Waals surface area contributed by atoms with E-state index >= 15 is 0 Å². The first-order chi connectivity index (χ1) is 11.3. The molecule has 0 saturated heterocycles. The van der Waals surface area contributed by atoms with Crippen LogP contribution in [0, 0.1) is 10.1 Å². The van der Waals surface area contributed by atoms with Crippen LogP contribution in [0.4, 0.5) is 5.69 Å². The zero-order valence-corrected chi connectivity index (χ0v) is 12.9. The first-order valence-electron chi connectivity index (χ1n) is 6.97. The second-order valence-corrected chi connectivity index (χ2v) is 4.69. The van der Waals surface area contributed by atoms with Crippen LogP contribution in [0.3, 0.4) is 0 Å². The fourth-order valence-electron chi connectivity index (χ4n) is 1.69. The summed E-state index contributed by atoms with van der Waals surface area (Å²) in [5.41, 5.74) is 0.0572. The van der Waals surface area contributed by atoms with Crippen LogP contribution in [0.5, 0.6) is 5.75 Å². The van der Waals surface area contributed by atoms with E-state index in [1.54, 1.807) is 0 Å². The molecular formula is C14H17N3O7. The van der Waals surface area contributed by atoms with Crippen LogP contribution < -0.4 is 4.74 Å². The molecule has 0 aliphatic rings. The van der Waals surface area contributed by atoms with Gasteiger partial charge in [-0.2, -0.15) is 5.10 Å². The van der Waals surface area contributed by atoms with Gasteiger partial charge in [-0.3, -0.25) is 24.7 Å². The fraction of sp³-hybridized carbons (Fsp3) is 0.357. The third kappa shape index (κ3) is 6.30. The number of carbonyl (C=O) groups is 2. The Labute approximate surface area is 137 Å². The molecule has 0 amide bonds. The average Bonchev–Trinajstić information content (AvgIpc) is 2.49. The van der Waals surface area contributed by atoms with E-state index in [-0.39, 0.29) is 11.4 Å². The zero-order valence-electron chi connectivity index (χ0n) is 12.9. The summed E-state index contributed by atoms with van der Waals surface area (Å²) in [7, 11) is 0. The molecule has 0 aliphatic carbocycles. The van der Waals surface area contributed by atoms with E-state index in [2.05, 4.69) is 5.10 Å². The van der Waals surface area contributed by atoms with Gasteiger partial charge in [0.05, 0.1) is 17.7 Å². The third-order valence-electron chi connectivity index (χ3n) is 2.65. The van der Waals surface area contributed by atoms with Crippen molar-refractivity contribution in [1.82, 2.24) is 5.01 Å². The van der Waals surface area contributed by atoms with Crippen LogP contribution in [0.15, 0.2) is 23.3 Å². The maximum atomic E-state index is 11.1. The molecule has 0 aliphatic heterocycles. The van der Waals surface area contributed by atoms with Crippen molar-refractivity contribution < 1.29 is 29.5 Å². The molecule has 1 rings (SSSR count). The predicted molar refractivity (Wildman–Crippen MR) is 83.3 cm³/mol. The molecule has 24 heavy (non-hydrogen) atoms. The Hall–Kier alpha value is -3.17. The molecule has 0 fully saturated rings. The number of rotatable bonds is 10. The number of ether oxygens (including phenoxy) is 1. The number of nitrogens with zero attached hydrogens (tertiary/aromatic N) is 3. The highest BCUT2D eigenvalue weighted by atomic mass is 16.6. The number of nitro benzene ring substituents is 1. The monoisotopic (exact) mass is 339 g/mol. The van der Waals surface area contributed by atoms with E-state index in [1.165, 1.54) is 18.2 Å². The van der Waals surface area contributed by atoms with Crippen molar-refractivity contribution in [2.75, 3.05) is 19.7 Å². The maximum Gasteiger partial charge on any atom is 0.324 e. The number of carboxylic acids is 2. The second-order valence-electron chi connectivity index (χ2n) is 4.69. The molecule has 1 aromatic rings. The van der Waals surface area contributed by atoms with E-state index in [4.69, 9.17) is 14.9 Å². The van der Waals surface area contributed by atoms with Gasteiger partial charge >= 0.3 is 17.6 Å². The number of hydrogen-bond acceptors (Lipinski definition) is 7. The van der Waals surface area contributed by atoms with E-state index in [0.29, 0.717) is 18.6 Å². The lowest BCUT2D eigenvalue weighted by Crippen LogP contribution is -2.30. The van der Waals surface area contributed by atoms with Crippen LogP contribution in [0.2, 0.25) is 0 Å². The fourth-order valence-corrected chi connectivity index (χ4v) is 1.69. The van der Waals surface area contributed by atoms with Crippen molar-refractivity contribution in [3.8, 4) is 5.75 Å². The van der Waals surface area contributed by atoms with Crippen molar-refractivity contribution in [3.63, 3.8) is 0 Å². The summed E-state index contributed by atoms with van der Waals surface area (Å²) in [6.45, 7) is 0.983. The molecule has 10 heteroatoms. The van der Waals surface area contributed by atoms with Crippen LogP contribution in [-0.2, 0) is 9.59 Å². The minimum atomic E-state index is -1.25. The smallest absolute Gasteiger partial charge is 0.324 e. The Bertz CT molecular complexity index is 629. The first kappa shape index (κ1) is 18.9. The van der Waals surface area contributed by atoms with Gasteiger partial charge in [0.2, 0.25) is 0 Å². The van der Waals surface area contributed by atoms with Gasteiger partial charge in [-0.25, -0.2) is 0 Å². The van der Waals surface area contributed by atoms with Gasteiger partial charge in [0.25, 0.3) is 0 Å². The highest BCUT2D eigenvalue weighted by Gasteiger charge is 2.16. The average molecular weight is 339 g/mol. The summed E-state index contributed by atoms with van der Waals surface area (Å²) >= 11 is 0. The number of hydrogen-bond donors (Lipinski definition) is 2. The molecule has 0 spiro atoms. The number of benzene rings is 1. The second kappa shape index (κ2) is 9.08. The lowest BCUT2D eigenvalue weighted by molar-refractivity contribution is -0.385. The first-order valence-corrected chi connectivity index (χ1v) is 6.97. The molecular weight excluding hydrogens is 322 g/mol. The van der Waals surface area contributed by atoms with Gasteiger partial charge in [-0.15, -0.1) is 0 Å². The van der Waals surface area contributed by atoms with Crippen molar-refractivity contribution in [2.45, 2.75) is 13.3 Å². The minimum Gasteiger partial charge on any atom is -0.487 e. The Kier molecular flexibility index (Phi) is 7.14. The summed E-state index contributed by atoms with van der Waals surface area (Å²) in [4.78, 5) is 31.8. The summed E-state index contributed by atoms with van der Waals surface area (Å²) < 4.78 is 5.28. The van der Waals surface area contributed by atoms with E-state index in [0.717, 1.165) is 11.2 Å². The van der Waals surface area contributed by atoms with Crippen LogP contribution in [0.25, 0.3) is 0 Å². The summed E-state index contributed by atoms with van der Waals surface area (Å²) in [6.07, 6.45) is 1.85. The Morgan fingerprint density at radius 3 is 2.46 bits per heavy atom. The predicted octanol–water partition coefficient (Wildman–Crippen LogP) is 1.19. The molecule has 0 heterocycles. The van der Waals surface area contributed by atoms with Crippen LogP contribution in [0.1, 0.15) is 18.9 Å². The zero-order chi connectivity index (χ0) is 18.1. The standard InChI is InChI=1S/C14H17N3O7/c1-2-5-24-12-4-3-10(6-11(12)17(22)23)7-15-16(8-13(18)19)9-14(20)21/h3-4,6-7H,2,5,8-9H2,1H3,(H,18,19)(H,20,21)/b15-7-. The van der Waals surface area contributed by atoms with Gasteiger partial charge in [-0.1, -0.05) is 6.92 Å². The highest BCUT2D eigenvalue weighted by molar-refractivity contribution is 5.82. The minimum absolute atomic E-state index is 0.118. The van der Waals surface area contributed by atoms with Gasteiger partial charge in [0, 0.05) is 11.6 Å². The topological polar surface area (TPSA) is 143 Å². The lowest BCUT2D eigenvalue weighted by atomic mass is 10.2. The quantitative estimate of drug-likeness (QED) is 0.367. The Morgan fingerprint density at radius 1 is 1.33 bits per heavy atom. The molecule has 1 aromatic carbocycles. The Balaban J connectivity index is 2.99. The maximum absolute atomic E-state index is 11.1. The molecule has 0 aromatic heterocycles. The van der Waals surface area contributed by atoms with Crippen LogP contribution in [-0.4, -0.2) is 58.0 Å². The van der Waals surface area contributed by atoms with E-state index in [1.807, 2.05) is 6.92 Å². The number of hydrazone groups is 1. The lowest BCUT2D eigenvalue weighted by Gasteiger charge is -2.13. The number of nitro groups is 1. The SMILES string of the molecule is CCCOc1ccc(/C=N\N(CC(=O)O)CC(=O)O)cc1[N+](=O)[O-]. The molecule has 130 valence electrons. The molecule has 0 saturated carbocycles. The number of carboxylic acid groups (broad SMARTS) is 2. The Morgan fingerprint density at radius 2 is 1.96 bits per heavy atom. The van der Waals surface area contributed by atoms with Crippen LogP contribution >= 0.6 is 0 Å².